The van der Waals surface area contributed by atoms with Crippen LogP contribution in [-0.2, 0) is 5.41 Å². The van der Waals surface area contributed by atoms with Gasteiger partial charge in [-0.3, -0.25) is 0 Å². The molecule has 2 aromatic heterocycles. The molecule has 0 N–H and O–H groups in total. The third kappa shape index (κ3) is 3.14. The van der Waals surface area contributed by atoms with Crippen LogP contribution in [0.2, 0.25) is 0 Å². The Morgan fingerprint density at radius 2 is 1.41 bits per heavy atom. The van der Waals surface area contributed by atoms with Crippen LogP contribution >= 0.6 is 0 Å². The predicted octanol–water partition coefficient (Wildman–Crippen LogP) is 4.66. The van der Waals surface area contributed by atoms with Crippen molar-refractivity contribution in [2.45, 2.75) is 19.3 Å². The summed E-state index contributed by atoms with van der Waals surface area (Å²) >= 11 is 0. The molecule has 0 saturated carbocycles. The summed E-state index contributed by atoms with van der Waals surface area (Å²) in [6.45, 7) is 4.02. The number of rotatable bonds is 4. The Morgan fingerprint density at radius 1 is 0.778 bits per heavy atom. The van der Waals surface area contributed by atoms with Crippen molar-refractivity contribution in [2.75, 3.05) is 0 Å². The summed E-state index contributed by atoms with van der Waals surface area (Å²) in [6.07, 6.45) is 3.57. The van der Waals surface area contributed by atoms with E-state index >= 15 is 0 Å². The van der Waals surface area contributed by atoms with E-state index in [1.54, 1.807) is 6.20 Å². The molecule has 0 aliphatic rings. The lowest BCUT2D eigenvalue weighted by Crippen LogP contribution is -2.21. The highest BCUT2D eigenvalue weighted by Crippen LogP contribution is 2.30. The zero-order valence-corrected chi connectivity index (χ0v) is 15.0. The molecule has 4 rings (SSSR count). The molecule has 4 aromatic rings. The standard InChI is InChI=1S/C21H18F2N4/c1-21(2,19-10-12-26(24-19)16-6-4-3-5-7-16)20-11-13-27(25-20)18-9-8-15(22)14-17(18)23/h3-14H,1-2H3. The van der Waals surface area contributed by atoms with E-state index in [2.05, 4.69) is 10.2 Å². The van der Waals surface area contributed by atoms with Gasteiger partial charge in [-0.05, 0) is 50.2 Å². The van der Waals surface area contributed by atoms with Crippen LogP contribution in [0.1, 0.15) is 25.2 Å². The molecule has 4 nitrogen and oxygen atoms in total. The molecule has 0 atom stereocenters. The summed E-state index contributed by atoms with van der Waals surface area (Å²) in [5, 5.41) is 9.19. The maximum absolute atomic E-state index is 14.0. The smallest absolute Gasteiger partial charge is 0.151 e. The van der Waals surface area contributed by atoms with Crippen molar-refractivity contribution in [3.05, 3.63) is 96.1 Å². The Labute approximate surface area is 155 Å². The molecule has 2 aromatic carbocycles. The summed E-state index contributed by atoms with van der Waals surface area (Å²) in [5.41, 5.74) is 2.27. The van der Waals surface area contributed by atoms with E-state index in [9.17, 15) is 8.78 Å². The maximum atomic E-state index is 14.0. The highest BCUT2D eigenvalue weighted by atomic mass is 19.1. The number of nitrogens with zero attached hydrogens (tertiary/aromatic N) is 4. The van der Waals surface area contributed by atoms with Gasteiger partial charge in [0.25, 0.3) is 0 Å². The van der Waals surface area contributed by atoms with Crippen molar-refractivity contribution in [3.8, 4) is 11.4 Å². The molecule has 0 unspecified atom stereocenters. The molecular formula is C21H18F2N4. The zero-order valence-electron chi connectivity index (χ0n) is 15.0. The van der Waals surface area contributed by atoms with Gasteiger partial charge in [-0.1, -0.05) is 18.2 Å². The van der Waals surface area contributed by atoms with Crippen molar-refractivity contribution < 1.29 is 8.78 Å². The van der Waals surface area contributed by atoms with Gasteiger partial charge >= 0.3 is 0 Å². The summed E-state index contributed by atoms with van der Waals surface area (Å²) in [5.74, 6) is -1.27. The van der Waals surface area contributed by atoms with E-state index in [0.29, 0.717) is 0 Å². The van der Waals surface area contributed by atoms with Gasteiger partial charge in [0.2, 0.25) is 0 Å². The highest BCUT2D eigenvalue weighted by Gasteiger charge is 2.29. The molecule has 0 aliphatic carbocycles. The van der Waals surface area contributed by atoms with Gasteiger partial charge in [0.05, 0.1) is 22.5 Å². The first-order chi connectivity index (χ1) is 12.9. The Morgan fingerprint density at radius 3 is 2.07 bits per heavy atom. The Kier molecular flexibility index (Phi) is 4.11. The molecule has 0 aliphatic heterocycles. The van der Waals surface area contributed by atoms with Crippen LogP contribution in [0.5, 0.6) is 0 Å². The minimum absolute atomic E-state index is 0.202. The Balaban J connectivity index is 1.67. The number of aromatic nitrogens is 4. The van der Waals surface area contributed by atoms with Crippen LogP contribution in [0.4, 0.5) is 8.78 Å². The SMILES string of the molecule is CC(C)(c1ccn(-c2ccccc2)n1)c1ccn(-c2ccc(F)cc2F)n1. The molecule has 0 spiro atoms. The summed E-state index contributed by atoms with van der Waals surface area (Å²) in [6, 6.07) is 17.1. The molecule has 136 valence electrons. The van der Waals surface area contributed by atoms with Crippen LogP contribution in [0, 0.1) is 11.6 Å². The van der Waals surface area contributed by atoms with Crippen LogP contribution in [0.25, 0.3) is 11.4 Å². The Bertz CT molecular complexity index is 1080. The second kappa shape index (κ2) is 6.46. The van der Waals surface area contributed by atoms with E-state index < -0.39 is 17.0 Å². The number of para-hydroxylation sites is 1. The fraction of sp³-hybridized carbons (Fsp3) is 0.143. The van der Waals surface area contributed by atoms with E-state index in [1.807, 2.05) is 67.2 Å². The molecule has 0 amide bonds. The lowest BCUT2D eigenvalue weighted by molar-refractivity contribution is 0.560. The monoisotopic (exact) mass is 364 g/mol. The zero-order chi connectivity index (χ0) is 19.0. The molecule has 0 saturated heterocycles. The molecule has 2 heterocycles. The molecular weight excluding hydrogens is 346 g/mol. The fourth-order valence-corrected chi connectivity index (χ4v) is 2.97. The summed E-state index contributed by atoms with van der Waals surface area (Å²) in [4.78, 5) is 0. The minimum Gasteiger partial charge on any atom is -0.241 e. The number of hydrogen-bond acceptors (Lipinski definition) is 2. The van der Waals surface area contributed by atoms with Gasteiger partial charge < -0.3 is 0 Å². The highest BCUT2D eigenvalue weighted by molar-refractivity contribution is 5.36. The van der Waals surface area contributed by atoms with Crippen LogP contribution in [0.3, 0.4) is 0 Å². The summed E-state index contributed by atoms with van der Waals surface area (Å²) in [7, 11) is 0. The number of benzene rings is 2. The van der Waals surface area contributed by atoms with Crippen LogP contribution < -0.4 is 0 Å². The first-order valence-electron chi connectivity index (χ1n) is 8.58. The molecule has 6 heteroatoms. The first kappa shape index (κ1) is 17.1. The number of halogens is 2. The average Bonchev–Trinajstić information content (AvgIpc) is 3.33. The maximum Gasteiger partial charge on any atom is 0.151 e. The van der Waals surface area contributed by atoms with Crippen molar-refractivity contribution in [1.29, 1.82) is 0 Å². The number of hydrogen-bond donors (Lipinski definition) is 0. The van der Waals surface area contributed by atoms with E-state index in [1.165, 1.54) is 16.8 Å². The molecule has 0 fully saturated rings. The van der Waals surface area contributed by atoms with Crippen LogP contribution in [0.15, 0.2) is 73.1 Å². The molecule has 0 radical (unpaired) electrons. The van der Waals surface area contributed by atoms with Gasteiger partial charge in [0.1, 0.15) is 11.5 Å². The van der Waals surface area contributed by atoms with Gasteiger partial charge in [0.15, 0.2) is 5.82 Å². The van der Waals surface area contributed by atoms with Crippen LogP contribution in [-0.4, -0.2) is 19.6 Å². The molecule has 27 heavy (non-hydrogen) atoms. The van der Waals surface area contributed by atoms with Crippen molar-refractivity contribution in [1.82, 2.24) is 19.6 Å². The second-order valence-electron chi connectivity index (χ2n) is 6.85. The van der Waals surface area contributed by atoms with E-state index in [4.69, 9.17) is 0 Å². The third-order valence-electron chi connectivity index (χ3n) is 4.64. The largest absolute Gasteiger partial charge is 0.241 e. The second-order valence-corrected chi connectivity index (χ2v) is 6.85. The van der Waals surface area contributed by atoms with Crippen molar-refractivity contribution in [2.24, 2.45) is 0 Å². The normalized spacial score (nSPS) is 11.7. The van der Waals surface area contributed by atoms with E-state index in [0.717, 1.165) is 23.1 Å². The first-order valence-corrected chi connectivity index (χ1v) is 8.58. The topological polar surface area (TPSA) is 35.6 Å². The summed E-state index contributed by atoms with van der Waals surface area (Å²) < 4.78 is 30.4. The van der Waals surface area contributed by atoms with Crippen molar-refractivity contribution in [3.63, 3.8) is 0 Å². The van der Waals surface area contributed by atoms with Crippen molar-refractivity contribution >= 4 is 0 Å². The van der Waals surface area contributed by atoms with Gasteiger partial charge in [0, 0.05) is 18.5 Å². The van der Waals surface area contributed by atoms with E-state index in [-0.39, 0.29) is 5.69 Å². The van der Waals surface area contributed by atoms with Gasteiger partial charge in [-0.25, -0.2) is 18.1 Å². The predicted molar refractivity (Wildman–Crippen MR) is 99.2 cm³/mol. The quantitative estimate of drug-likeness (QED) is 0.528. The lowest BCUT2D eigenvalue weighted by Gasteiger charge is -2.19. The average molecular weight is 364 g/mol. The van der Waals surface area contributed by atoms with Gasteiger partial charge in [-0.2, -0.15) is 10.2 Å². The van der Waals surface area contributed by atoms with Gasteiger partial charge in [-0.15, -0.1) is 0 Å². The fourth-order valence-electron chi connectivity index (χ4n) is 2.97. The molecule has 0 bridgehead atoms. The lowest BCUT2D eigenvalue weighted by atomic mass is 9.86. The minimum atomic E-state index is -0.657. The Hall–Kier alpha value is -3.28. The third-order valence-corrected chi connectivity index (χ3v) is 4.64.